The van der Waals surface area contributed by atoms with E-state index in [-0.39, 0.29) is 50.4 Å². The number of allylic oxidation sites excluding steroid dienone is 1. The van der Waals surface area contributed by atoms with Gasteiger partial charge >= 0.3 is 0 Å². The summed E-state index contributed by atoms with van der Waals surface area (Å²) in [6.45, 7) is 13.8. The number of nitrogens with two attached hydrogens (primary N) is 2. The summed E-state index contributed by atoms with van der Waals surface area (Å²) in [5.41, 5.74) is 13.3. The maximum absolute atomic E-state index is 11.8. The average molecular weight is 683 g/mol. The van der Waals surface area contributed by atoms with Gasteiger partial charge in [0, 0.05) is 44.3 Å². The second-order valence-corrected chi connectivity index (χ2v) is 10.3. The molecule has 0 aliphatic heterocycles. The lowest BCUT2D eigenvalue weighted by Crippen LogP contribution is -2.45. The molecule has 0 heterocycles. The Hall–Kier alpha value is -3.49. The summed E-state index contributed by atoms with van der Waals surface area (Å²) in [7, 11) is 1.68. The lowest BCUT2D eigenvalue weighted by atomic mass is 10.1. The largest absolute Gasteiger partial charge is 0.405 e. The molecule has 1 saturated carbocycles. The summed E-state index contributed by atoms with van der Waals surface area (Å²) >= 11 is 0. The van der Waals surface area contributed by atoms with Gasteiger partial charge in [-0.05, 0) is 64.3 Å². The molecule has 12 N–H and O–H groups in total. The molecule has 1 aromatic carbocycles. The topological polar surface area (TPSA) is 232 Å². The van der Waals surface area contributed by atoms with Crippen LogP contribution < -0.4 is 32.7 Å². The van der Waals surface area contributed by atoms with Gasteiger partial charge in [0.15, 0.2) is 0 Å². The molecular weight excluding hydrogens is 616 g/mol. The maximum atomic E-state index is 11.8. The van der Waals surface area contributed by atoms with Crippen LogP contribution >= 0.6 is 0 Å². The Kier molecular flexibility index (Phi) is 34.0. The maximum Gasteiger partial charge on any atom is 0.236 e. The Bertz CT molecular complexity index is 989. The monoisotopic (exact) mass is 682 g/mol. The molecule has 2 rings (SSSR count). The number of rotatable bonds is 19. The van der Waals surface area contributed by atoms with Crippen molar-refractivity contribution in [3.8, 4) is 0 Å². The van der Waals surface area contributed by atoms with Gasteiger partial charge in [-0.15, -0.1) is 0 Å². The van der Waals surface area contributed by atoms with E-state index < -0.39 is 24.2 Å². The second kappa shape index (κ2) is 33.4. The summed E-state index contributed by atoms with van der Waals surface area (Å²) in [6, 6.07) is 10.00. The predicted octanol–water partition coefficient (Wildman–Crippen LogP) is 1.35. The SMILES string of the molecule is C=C(NCC(N)=O)C(CCC(=O)NCC(O)C(O)C(O)CCO)NC.CC.CC.CCNC(=O)CCCc1ccccc1.NC=C1CC1. The zero-order valence-electron chi connectivity index (χ0n) is 30.1. The van der Waals surface area contributed by atoms with E-state index in [1.165, 1.54) is 24.0 Å². The van der Waals surface area contributed by atoms with Gasteiger partial charge in [0.2, 0.25) is 17.7 Å². The van der Waals surface area contributed by atoms with Gasteiger partial charge < -0.3 is 53.2 Å². The van der Waals surface area contributed by atoms with Crippen molar-refractivity contribution in [3.05, 3.63) is 59.9 Å². The predicted molar refractivity (Wildman–Crippen MR) is 193 cm³/mol. The Morgan fingerprint density at radius 1 is 0.917 bits per heavy atom. The Balaban J connectivity index is -0.000000727. The Morgan fingerprint density at radius 3 is 1.96 bits per heavy atom. The van der Waals surface area contributed by atoms with Crippen LogP contribution in [0, 0.1) is 0 Å². The minimum Gasteiger partial charge on any atom is -0.405 e. The number of likely N-dealkylation sites (N-methyl/N-ethyl adjacent to an activating group) is 1. The molecular formula is C35H66N6O7. The standard InChI is InChI=1S/C15H30N4O6.C12H17NO.C4H7N.2C2H6/c1-9(18-8-13(16)23)10(17-2)3-4-14(24)19-7-12(22)15(25)11(21)5-6-20;1-2-13-12(14)10-6-9-11-7-4-3-5-8-11;5-3-4-1-2-4;2*1-2/h10-12,15,17-18,20-22,25H,1,3-8H2,2H3,(H2,16,23)(H,19,24);3-5,7-8H,2,6,9-10H2,1H3,(H,13,14);3H,1-2,5H2;2*1-2H3. The van der Waals surface area contributed by atoms with E-state index in [0.717, 1.165) is 19.4 Å². The molecule has 4 atom stereocenters. The van der Waals surface area contributed by atoms with Crippen LogP contribution in [0.5, 0.6) is 0 Å². The molecule has 1 fully saturated rings. The van der Waals surface area contributed by atoms with Gasteiger partial charge in [0.05, 0.1) is 18.8 Å². The van der Waals surface area contributed by atoms with E-state index >= 15 is 0 Å². The summed E-state index contributed by atoms with van der Waals surface area (Å²) in [5.74, 6) is -0.723. The molecule has 0 spiro atoms. The van der Waals surface area contributed by atoms with Crippen molar-refractivity contribution < 1.29 is 34.8 Å². The first-order chi connectivity index (χ1) is 23.0. The summed E-state index contributed by atoms with van der Waals surface area (Å²) in [5, 5.41) is 48.5. The summed E-state index contributed by atoms with van der Waals surface area (Å²) in [6.07, 6.45) is 3.07. The molecule has 13 heteroatoms. The van der Waals surface area contributed by atoms with Crippen molar-refractivity contribution in [2.45, 2.75) is 110 Å². The molecule has 0 radical (unpaired) electrons. The number of benzene rings is 1. The number of carbonyl (C=O) groups is 3. The smallest absolute Gasteiger partial charge is 0.236 e. The zero-order valence-corrected chi connectivity index (χ0v) is 30.1. The first-order valence-electron chi connectivity index (χ1n) is 17.0. The Morgan fingerprint density at radius 2 is 1.50 bits per heavy atom. The number of nitrogens with one attached hydrogen (secondary N) is 4. The van der Waals surface area contributed by atoms with Crippen molar-refractivity contribution in [2.75, 3.05) is 33.3 Å². The normalized spacial score (nSPS) is 13.2. The quantitative estimate of drug-likeness (QED) is 0.101. The summed E-state index contributed by atoms with van der Waals surface area (Å²) in [4.78, 5) is 33.7. The summed E-state index contributed by atoms with van der Waals surface area (Å²) < 4.78 is 0. The zero-order chi connectivity index (χ0) is 37.3. The number of aryl methyl sites for hydroxylation is 1. The highest BCUT2D eigenvalue weighted by Crippen LogP contribution is 2.25. The highest BCUT2D eigenvalue weighted by atomic mass is 16.4. The molecule has 0 saturated heterocycles. The van der Waals surface area contributed by atoms with E-state index in [1.54, 1.807) is 13.2 Å². The first kappa shape index (κ1) is 48.9. The third-order valence-corrected chi connectivity index (χ3v) is 6.50. The number of aliphatic hydroxyl groups is 4. The van der Waals surface area contributed by atoms with E-state index in [1.807, 2.05) is 52.8 Å². The fourth-order valence-electron chi connectivity index (χ4n) is 3.70. The van der Waals surface area contributed by atoms with Crippen LogP contribution in [0.4, 0.5) is 0 Å². The third-order valence-electron chi connectivity index (χ3n) is 6.50. The van der Waals surface area contributed by atoms with Crippen LogP contribution in [-0.4, -0.2) is 95.8 Å². The van der Waals surface area contributed by atoms with E-state index in [0.29, 0.717) is 18.5 Å². The lowest BCUT2D eigenvalue weighted by molar-refractivity contribution is -0.123. The molecule has 13 nitrogen and oxygen atoms in total. The van der Waals surface area contributed by atoms with Gasteiger partial charge in [-0.25, -0.2) is 0 Å². The molecule has 4 unspecified atom stereocenters. The van der Waals surface area contributed by atoms with Crippen molar-refractivity contribution in [1.82, 2.24) is 21.3 Å². The van der Waals surface area contributed by atoms with Gasteiger partial charge in [-0.1, -0.05) is 70.2 Å². The number of aliphatic hydroxyl groups excluding tert-OH is 4. The molecule has 0 aromatic heterocycles. The Labute approximate surface area is 288 Å². The van der Waals surface area contributed by atoms with Crippen LogP contribution in [0.3, 0.4) is 0 Å². The van der Waals surface area contributed by atoms with Crippen LogP contribution in [-0.2, 0) is 20.8 Å². The number of amides is 3. The van der Waals surface area contributed by atoms with Crippen LogP contribution in [0.15, 0.2) is 54.4 Å². The van der Waals surface area contributed by atoms with E-state index in [4.69, 9.17) is 16.6 Å². The molecule has 0 bridgehead atoms. The lowest BCUT2D eigenvalue weighted by Gasteiger charge is -2.23. The van der Waals surface area contributed by atoms with Crippen molar-refractivity contribution in [1.29, 1.82) is 0 Å². The highest BCUT2D eigenvalue weighted by Gasteiger charge is 2.24. The van der Waals surface area contributed by atoms with Crippen LogP contribution in [0.1, 0.15) is 85.1 Å². The molecule has 278 valence electrons. The minimum atomic E-state index is -1.46. The first-order valence-corrected chi connectivity index (χ1v) is 17.0. The fraction of sp³-hybridized carbons (Fsp3) is 0.629. The molecule has 1 aromatic rings. The van der Waals surface area contributed by atoms with Gasteiger partial charge in [-0.2, -0.15) is 0 Å². The number of carbonyl (C=O) groups excluding carboxylic acids is 3. The number of hydrogen-bond acceptors (Lipinski definition) is 10. The van der Waals surface area contributed by atoms with Gasteiger partial charge in [0.25, 0.3) is 0 Å². The highest BCUT2D eigenvalue weighted by molar-refractivity contribution is 5.76. The fourth-order valence-corrected chi connectivity index (χ4v) is 3.70. The van der Waals surface area contributed by atoms with Crippen molar-refractivity contribution in [3.63, 3.8) is 0 Å². The third kappa shape index (κ3) is 28.7. The molecule has 3 amide bonds. The number of hydrogen-bond donors (Lipinski definition) is 10. The number of primary amides is 1. The van der Waals surface area contributed by atoms with Crippen molar-refractivity contribution >= 4 is 17.7 Å². The van der Waals surface area contributed by atoms with Crippen molar-refractivity contribution in [2.24, 2.45) is 11.5 Å². The molecule has 1 aliphatic rings. The van der Waals surface area contributed by atoms with Gasteiger partial charge in [0.1, 0.15) is 6.10 Å². The molecule has 1 aliphatic carbocycles. The molecule has 48 heavy (non-hydrogen) atoms. The second-order valence-electron chi connectivity index (χ2n) is 10.3. The van der Waals surface area contributed by atoms with Gasteiger partial charge in [-0.3, -0.25) is 14.4 Å². The van der Waals surface area contributed by atoms with Crippen LogP contribution in [0.2, 0.25) is 0 Å². The van der Waals surface area contributed by atoms with Crippen LogP contribution in [0.25, 0.3) is 0 Å². The van der Waals surface area contributed by atoms with E-state index in [2.05, 4.69) is 40.0 Å². The minimum absolute atomic E-state index is 0.0521. The van der Waals surface area contributed by atoms with E-state index in [9.17, 15) is 29.7 Å². The average Bonchev–Trinajstić information content (AvgIpc) is 3.94.